The molecule has 2 fully saturated rings. The van der Waals surface area contributed by atoms with Gasteiger partial charge in [-0.05, 0) is 96.3 Å². The molecule has 1 amide bonds. The topological polar surface area (TPSA) is 228 Å². The Hall–Kier alpha value is -3.61. The molecule has 0 bridgehead atoms. The van der Waals surface area contributed by atoms with Gasteiger partial charge in [-0.2, -0.15) is 0 Å². The summed E-state index contributed by atoms with van der Waals surface area (Å²) in [5.41, 5.74) is 0. The maximum atomic E-state index is 13.2. The van der Waals surface area contributed by atoms with Crippen LogP contribution in [-0.2, 0) is 23.7 Å². The van der Waals surface area contributed by atoms with Gasteiger partial charge >= 0.3 is 0 Å². The number of ether oxygens (including phenoxy) is 4. The SMILES string of the molecule is CC/C=C\C/C=C\C/C=C\C/C=C\C/C=C\C/C=C\C/C=C\CCCCCCCC(=O)NC(COC1OC(CO)C(OC2OC(CO)C(O)C(O)C2O)C(O)C1O)C(O)/C=C/CC/C=C/CC/C=C/CC. The van der Waals surface area contributed by atoms with Gasteiger partial charge in [-0.15, -0.1) is 0 Å². The van der Waals surface area contributed by atoms with Crippen molar-refractivity contribution in [3.8, 4) is 0 Å². The van der Waals surface area contributed by atoms with Gasteiger partial charge in [0.2, 0.25) is 5.91 Å². The first kappa shape index (κ1) is 63.5. The standard InChI is InChI=1S/C57H91NO13/c1-3-5-7-9-11-13-15-16-17-18-19-20-21-22-23-24-25-26-27-28-29-30-31-33-35-37-39-41-49(62)58-45(46(61)40-38-36-34-32-14-12-10-8-6-4-2)44-68-56-54(67)52(65)55(48(43-60)70-56)71-57-53(66)51(64)50(63)47(42-59)69-57/h5-8,11,13-14,16-17,19-20,22-23,25-26,28-29,32,38,40,45-48,50-57,59-61,63-67H,3-4,9-10,12,15,18,21,24,27,30-31,33-37,39,41-44H2,1-2H3,(H,58,62)/b7-5-,8-6+,13-11-,17-16-,20-19-,23-22-,26-25-,29-28-,32-14+,40-38+. The van der Waals surface area contributed by atoms with Crippen molar-refractivity contribution >= 4 is 5.91 Å². The molecule has 402 valence electrons. The van der Waals surface area contributed by atoms with E-state index in [1.165, 1.54) is 0 Å². The second-order valence-corrected chi connectivity index (χ2v) is 17.9. The molecule has 14 nitrogen and oxygen atoms in total. The van der Waals surface area contributed by atoms with Crippen molar-refractivity contribution in [2.45, 2.75) is 209 Å². The Kier molecular flexibility index (Phi) is 37.4. The Balaban J connectivity index is 1.77. The van der Waals surface area contributed by atoms with Gasteiger partial charge in [0.15, 0.2) is 12.6 Å². The number of hydrogen-bond acceptors (Lipinski definition) is 13. The minimum atomic E-state index is -1.80. The molecule has 2 aliphatic rings. The van der Waals surface area contributed by atoms with E-state index in [-0.39, 0.29) is 18.9 Å². The molecule has 9 N–H and O–H groups in total. The fourth-order valence-electron chi connectivity index (χ4n) is 7.66. The van der Waals surface area contributed by atoms with Crippen molar-refractivity contribution in [2.75, 3.05) is 19.8 Å². The quantitative estimate of drug-likeness (QED) is 0.0216. The average molecular weight is 998 g/mol. The number of carbonyl (C=O) groups excluding carboxylic acids is 1. The van der Waals surface area contributed by atoms with E-state index in [2.05, 4.69) is 129 Å². The smallest absolute Gasteiger partial charge is 0.220 e. The molecule has 12 unspecified atom stereocenters. The van der Waals surface area contributed by atoms with Gasteiger partial charge in [0.1, 0.15) is 48.8 Å². The monoisotopic (exact) mass is 998 g/mol. The van der Waals surface area contributed by atoms with Crippen LogP contribution in [0.15, 0.2) is 122 Å². The molecular weight excluding hydrogens is 907 g/mol. The number of unbranched alkanes of at least 4 members (excludes halogenated alkanes) is 7. The summed E-state index contributed by atoms with van der Waals surface area (Å²) < 4.78 is 22.6. The van der Waals surface area contributed by atoms with Crippen molar-refractivity contribution in [1.29, 1.82) is 0 Å². The molecule has 0 aliphatic carbocycles. The van der Waals surface area contributed by atoms with Crippen LogP contribution in [0.1, 0.15) is 136 Å². The molecule has 0 aromatic carbocycles. The van der Waals surface area contributed by atoms with Gasteiger partial charge in [-0.1, -0.05) is 155 Å². The Morgan fingerprint density at radius 3 is 1.49 bits per heavy atom. The molecule has 2 saturated heterocycles. The molecular formula is C57H91NO13. The first-order valence-corrected chi connectivity index (χ1v) is 26.3. The van der Waals surface area contributed by atoms with E-state index >= 15 is 0 Å². The van der Waals surface area contributed by atoms with Gasteiger partial charge < -0.3 is 65.1 Å². The third kappa shape index (κ3) is 28.4. The number of hydrogen-bond donors (Lipinski definition) is 9. The van der Waals surface area contributed by atoms with Crippen molar-refractivity contribution in [1.82, 2.24) is 5.32 Å². The zero-order chi connectivity index (χ0) is 51.7. The Bertz CT molecular complexity index is 1650. The van der Waals surface area contributed by atoms with Crippen LogP contribution in [-0.4, -0.2) is 140 Å². The highest BCUT2D eigenvalue weighted by molar-refractivity contribution is 5.76. The zero-order valence-corrected chi connectivity index (χ0v) is 42.7. The molecule has 0 saturated carbocycles. The molecule has 0 aromatic rings. The third-order valence-corrected chi connectivity index (χ3v) is 11.9. The number of rotatable bonds is 38. The molecule has 14 heteroatoms. The first-order valence-electron chi connectivity index (χ1n) is 26.3. The van der Waals surface area contributed by atoms with E-state index in [0.29, 0.717) is 12.8 Å². The fraction of sp³-hybridized carbons (Fsp3) is 0.632. The second kappa shape index (κ2) is 41.8. The van der Waals surface area contributed by atoms with E-state index in [0.717, 1.165) is 103 Å². The van der Waals surface area contributed by atoms with Crippen molar-refractivity contribution in [2.24, 2.45) is 0 Å². The van der Waals surface area contributed by atoms with Crippen LogP contribution in [0.3, 0.4) is 0 Å². The summed E-state index contributed by atoms with van der Waals surface area (Å²) in [7, 11) is 0. The van der Waals surface area contributed by atoms with E-state index in [1.807, 2.05) is 6.08 Å². The predicted molar refractivity (Wildman–Crippen MR) is 281 cm³/mol. The number of aliphatic hydroxyl groups is 8. The van der Waals surface area contributed by atoms with Crippen LogP contribution in [0.5, 0.6) is 0 Å². The van der Waals surface area contributed by atoms with Gasteiger partial charge in [-0.3, -0.25) is 4.79 Å². The molecule has 0 spiro atoms. The highest BCUT2D eigenvalue weighted by Crippen LogP contribution is 2.30. The van der Waals surface area contributed by atoms with Crippen LogP contribution >= 0.6 is 0 Å². The fourth-order valence-corrected chi connectivity index (χ4v) is 7.66. The summed E-state index contributed by atoms with van der Waals surface area (Å²) in [6.07, 6.45) is 42.6. The number of nitrogens with one attached hydrogen (secondary N) is 1. The van der Waals surface area contributed by atoms with Gasteiger partial charge in [0, 0.05) is 6.42 Å². The van der Waals surface area contributed by atoms with E-state index in [1.54, 1.807) is 6.08 Å². The van der Waals surface area contributed by atoms with Crippen LogP contribution in [0, 0.1) is 0 Å². The molecule has 0 aromatic heterocycles. The Morgan fingerprint density at radius 1 is 0.507 bits per heavy atom. The second-order valence-electron chi connectivity index (χ2n) is 17.9. The van der Waals surface area contributed by atoms with Crippen LogP contribution in [0.25, 0.3) is 0 Å². The highest BCUT2D eigenvalue weighted by Gasteiger charge is 2.51. The molecule has 2 heterocycles. The normalized spacial score (nSPS) is 26.8. The maximum absolute atomic E-state index is 13.2. The lowest BCUT2D eigenvalue weighted by Crippen LogP contribution is -2.65. The average Bonchev–Trinajstić information content (AvgIpc) is 3.37. The van der Waals surface area contributed by atoms with Crippen molar-refractivity contribution < 1.29 is 64.6 Å². The number of carbonyl (C=O) groups is 1. The summed E-state index contributed by atoms with van der Waals surface area (Å²) >= 11 is 0. The van der Waals surface area contributed by atoms with E-state index in [9.17, 15) is 45.6 Å². The molecule has 0 radical (unpaired) electrons. The number of aliphatic hydroxyl groups excluding tert-OH is 8. The lowest BCUT2D eigenvalue weighted by Gasteiger charge is -2.46. The Morgan fingerprint density at radius 2 is 0.944 bits per heavy atom. The molecule has 12 atom stereocenters. The zero-order valence-electron chi connectivity index (χ0n) is 42.7. The van der Waals surface area contributed by atoms with E-state index < -0.39 is 86.8 Å². The lowest BCUT2D eigenvalue weighted by atomic mass is 9.97. The lowest BCUT2D eigenvalue weighted by molar-refractivity contribution is -0.359. The van der Waals surface area contributed by atoms with Crippen LogP contribution < -0.4 is 5.32 Å². The third-order valence-electron chi connectivity index (χ3n) is 11.9. The van der Waals surface area contributed by atoms with Gasteiger partial charge in [0.05, 0.1) is 32.0 Å². The number of amides is 1. The summed E-state index contributed by atoms with van der Waals surface area (Å²) in [5, 5.41) is 86.6. The minimum absolute atomic E-state index is 0.238. The highest BCUT2D eigenvalue weighted by atomic mass is 16.7. The summed E-state index contributed by atoms with van der Waals surface area (Å²) in [4.78, 5) is 13.2. The van der Waals surface area contributed by atoms with E-state index in [4.69, 9.17) is 18.9 Å². The van der Waals surface area contributed by atoms with Crippen molar-refractivity contribution in [3.05, 3.63) is 122 Å². The van der Waals surface area contributed by atoms with Crippen LogP contribution in [0.4, 0.5) is 0 Å². The summed E-state index contributed by atoms with van der Waals surface area (Å²) in [6, 6.07) is -0.956. The minimum Gasteiger partial charge on any atom is -0.394 e. The van der Waals surface area contributed by atoms with Crippen LogP contribution in [0.2, 0.25) is 0 Å². The summed E-state index contributed by atoms with van der Waals surface area (Å²) in [5.74, 6) is -0.283. The molecule has 71 heavy (non-hydrogen) atoms. The summed E-state index contributed by atoms with van der Waals surface area (Å²) in [6.45, 7) is 2.47. The predicted octanol–water partition coefficient (Wildman–Crippen LogP) is 7.49. The first-order chi connectivity index (χ1) is 34.6. The molecule has 2 rings (SSSR count). The largest absolute Gasteiger partial charge is 0.394 e. The number of allylic oxidation sites excluding steroid dienone is 19. The maximum Gasteiger partial charge on any atom is 0.220 e. The van der Waals surface area contributed by atoms with Gasteiger partial charge in [-0.25, -0.2) is 0 Å². The molecule has 2 aliphatic heterocycles. The Labute approximate surface area is 425 Å². The van der Waals surface area contributed by atoms with Crippen molar-refractivity contribution in [3.63, 3.8) is 0 Å². The van der Waals surface area contributed by atoms with Gasteiger partial charge in [0.25, 0.3) is 0 Å².